The van der Waals surface area contributed by atoms with E-state index < -0.39 is 0 Å². The van der Waals surface area contributed by atoms with Gasteiger partial charge in [0.25, 0.3) is 5.56 Å². The van der Waals surface area contributed by atoms with Gasteiger partial charge in [0.15, 0.2) is 5.65 Å². The molecule has 0 aliphatic carbocycles. The predicted molar refractivity (Wildman–Crippen MR) is 89.7 cm³/mol. The van der Waals surface area contributed by atoms with E-state index in [1.165, 1.54) is 23.4 Å². The summed E-state index contributed by atoms with van der Waals surface area (Å²) in [6, 6.07) is 0. The highest BCUT2D eigenvalue weighted by atomic mass is 32.2. The molecule has 2 rings (SSSR count). The van der Waals surface area contributed by atoms with Crippen molar-refractivity contribution < 1.29 is 0 Å². The first-order valence-corrected chi connectivity index (χ1v) is 8.07. The molecule has 2 heterocycles. The first-order valence-electron chi connectivity index (χ1n) is 7.19. The maximum atomic E-state index is 12.5. The summed E-state index contributed by atoms with van der Waals surface area (Å²) >= 11 is 1.52. The summed E-state index contributed by atoms with van der Waals surface area (Å²) in [7, 11) is 3.11. The van der Waals surface area contributed by atoms with Crippen molar-refractivity contribution in [2.45, 2.75) is 50.3 Å². The largest absolute Gasteiger partial charge is 0.332 e. The molecule has 0 aliphatic heterocycles. The minimum absolute atomic E-state index is 0.266. The molecule has 120 valence electrons. The highest BCUT2D eigenvalue weighted by Gasteiger charge is 2.23. The predicted octanol–water partition coefficient (Wildman–Crippen LogP) is 1.83. The van der Waals surface area contributed by atoms with Crippen LogP contribution in [0.15, 0.2) is 14.6 Å². The lowest BCUT2D eigenvalue weighted by molar-refractivity contribution is 0.539. The number of aryl methyl sites for hydroxylation is 1. The summed E-state index contributed by atoms with van der Waals surface area (Å²) in [6.45, 7) is 10.1. The zero-order chi connectivity index (χ0) is 16.8. The zero-order valence-electron chi connectivity index (χ0n) is 14.1. The van der Waals surface area contributed by atoms with E-state index in [1.807, 2.05) is 34.6 Å². The van der Waals surface area contributed by atoms with E-state index in [0.29, 0.717) is 21.9 Å². The van der Waals surface area contributed by atoms with Gasteiger partial charge >= 0.3 is 5.69 Å². The fourth-order valence-corrected chi connectivity index (χ4v) is 2.96. The Balaban J connectivity index is 3.01. The van der Waals surface area contributed by atoms with Gasteiger partial charge in [0.05, 0.1) is 0 Å². The van der Waals surface area contributed by atoms with E-state index in [0.717, 1.165) is 4.57 Å². The lowest BCUT2D eigenvalue weighted by atomic mass is 9.96. The Kier molecular flexibility index (Phi) is 4.21. The van der Waals surface area contributed by atoms with Crippen LogP contribution in [0.2, 0.25) is 0 Å². The first-order chi connectivity index (χ1) is 10.0. The number of nitrogens with zero attached hydrogens (tertiary/aromatic N) is 4. The molecule has 0 aliphatic rings. The summed E-state index contributed by atoms with van der Waals surface area (Å²) < 4.78 is 2.52. The summed E-state index contributed by atoms with van der Waals surface area (Å²) in [5, 5.41) is 1.32. The van der Waals surface area contributed by atoms with Crippen LogP contribution in [0.4, 0.5) is 0 Å². The van der Waals surface area contributed by atoms with Crippen molar-refractivity contribution in [3.8, 4) is 0 Å². The summed E-state index contributed by atoms with van der Waals surface area (Å²) in [4.78, 5) is 33.8. The number of thioether (sulfide) groups is 1. The normalized spacial score (nSPS) is 12.4. The molecule has 0 aromatic carbocycles. The first kappa shape index (κ1) is 16.7. The third-order valence-electron chi connectivity index (χ3n) is 3.28. The molecule has 0 bridgehead atoms. The van der Waals surface area contributed by atoms with Gasteiger partial charge in [-0.25, -0.2) is 14.8 Å². The molecule has 0 spiro atoms. The van der Waals surface area contributed by atoms with Crippen LogP contribution in [0, 0.1) is 0 Å². The van der Waals surface area contributed by atoms with Gasteiger partial charge in [-0.15, -0.1) is 11.8 Å². The molecular formula is C15H22N4O2S. The van der Waals surface area contributed by atoms with Gasteiger partial charge in [0.2, 0.25) is 0 Å². The Hall–Kier alpha value is -1.63. The highest BCUT2D eigenvalue weighted by molar-refractivity contribution is 8.00. The van der Waals surface area contributed by atoms with E-state index in [1.54, 1.807) is 7.05 Å². The van der Waals surface area contributed by atoms with Crippen LogP contribution in [0.5, 0.6) is 0 Å². The summed E-state index contributed by atoms with van der Waals surface area (Å²) in [6.07, 6.45) is 0. The molecule has 0 atom stereocenters. The van der Waals surface area contributed by atoms with E-state index >= 15 is 0 Å². The molecule has 0 saturated carbocycles. The van der Waals surface area contributed by atoms with Crippen LogP contribution < -0.4 is 11.2 Å². The molecule has 0 fully saturated rings. The van der Waals surface area contributed by atoms with Crippen molar-refractivity contribution in [2.24, 2.45) is 14.1 Å². The van der Waals surface area contributed by atoms with E-state index in [4.69, 9.17) is 0 Å². The number of fused-ring (bicyclic) bond motifs is 1. The second-order valence-electron chi connectivity index (χ2n) is 6.67. The van der Waals surface area contributed by atoms with Crippen LogP contribution in [0.25, 0.3) is 11.0 Å². The Morgan fingerprint density at radius 2 is 1.64 bits per heavy atom. The van der Waals surface area contributed by atoms with Gasteiger partial charge in [-0.1, -0.05) is 34.6 Å². The molecular weight excluding hydrogens is 300 g/mol. The fourth-order valence-electron chi connectivity index (χ4n) is 2.07. The molecule has 0 N–H and O–H groups in total. The maximum absolute atomic E-state index is 12.5. The minimum atomic E-state index is -0.378. The van der Waals surface area contributed by atoms with Crippen molar-refractivity contribution in [1.29, 1.82) is 0 Å². The molecule has 0 unspecified atom stereocenters. The van der Waals surface area contributed by atoms with Crippen molar-refractivity contribution in [3.05, 3.63) is 26.7 Å². The molecule has 0 radical (unpaired) electrons. The Morgan fingerprint density at radius 1 is 1.05 bits per heavy atom. The minimum Gasteiger partial charge on any atom is -0.280 e. The van der Waals surface area contributed by atoms with Gasteiger partial charge in [0.1, 0.15) is 16.2 Å². The van der Waals surface area contributed by atoms with Gasteiger partial charge < -0.3 is 0 Å². The van der Waals surface area contributed by atoms with Crippen molar-refractivity contribution >= 4 is 22.8 Å². The lowest BCUT2D eigenvalue weighted by Crippen LogP contribution is -2.38. The second kappa shape index (κ2) is 5.53. The Labute approximate surface area is 133 Å². The second-order valence-corrected chi connectivity index (χ2v) is 8.24. The van der Waals surface area contributed by atoms with Gasteiger partial charge in [-0.2, -0.15) is 0 Å². The smallest absolute Gasteiger partial charge is 0.280 e. The van der Waals surface area contributed by atoms with E-state index in [9.17, 15) is 9.59 Å². The number of rotatable bonds is 2. The van der Waals surface area contributed by atoms with Crippen LogP contribution in [0.1, 0.15) is 40.4 Å². The standard InChI is InChI=1S/C15H22N4O2S/c1-8(2)22-11-9-10(16-13(17-11)15(3,4)5)18(6)14(21)19(7)12(9)20/h8H,1-7H3. The third kappa shape index (κ3) is 2.82. The molecule has 22 heavy (non-hydrogen) atoms. The van der Waals surface area contributed by atoms with E-state index in [-0.39, 0.29) is 21.9 Å². The van der Waals surface area contributed by atoms with Crippen LogP contribution in [-0.2, 0) is 19.5 Å². The molecule has 2 aromatic rings. The quantitative estimate of drug-likeness (QED) is 0.623. The number of aromatic nitrogens is 4. The van der Waals surface area contributed by atoms with Crippen LogP contribution in [-0.4, -0.2) is 24.4 Å². The van der Waals surface area contributed by atoms with Crippen molar-refractivity contribution in [1.82, 2.24) is 19.1 Å². The Bertz CT molecular complexity index is 844. The van der Waals surface area contributed by atoms with Gasteiger partial charge in [-0.05, 0) is 0 Å². The molecule has 2 aromatic heterocycles. The summed E-state index contributed by atoms with van der Waals surface area (Å²) in [5.41, 5.74) is -0.591. The van der Waals surface area contributed by atoms with Crippen molar-refractivity contribution in [2.75, 3.05) is 0 Å². The van der Waals surface area contributed by atoms with E-state index in [2.05, 4.69) is 9.97 Å². The molecule has 0 amide bonds. The Morgan fingerprint density at radius 3 is 2.14 bits per heavy atom. The number of hydrogen-bond donors (Lipinski definition) is 0. The van der Waals surface area contributed by atoms with Crippen molar-refractivity contribution in [3.63, 3.8) is 0 Å². The topological polar surface area (TPSA) is 69.8 Å². The van der Waals surface area contributed by atoms with Gasteiger partial charge in [0, 0.05) is 24.8 Å². The summed E-state index contributed by atoms with van der Waals surface area (Å²) in [5.74, 6) is 0.631. The SMILES string of the molecule is CC(C)Sc1nc(C(C)(C)C)nc2c1c(=O)n(C)c(=O)n2C. The maximum Gasteiger partial charge on any atom is 0.332 e. The monoisotopic (exact) mass is 322 g/mol. The van der Waals surface area contributed by atoms with Gasteiger partial charge in [-0.3, -0.25) is 13.9 Å². The lowest BCUT2D eigenvalue weighted by Gasteiger charge is -2.19. The van der Waals surface area contributed by atoms with Crippen LogP contribution >= 0.6 is 11.8 Å². The molecule has 0 saturated heterocycles. The average molecular weight is 322 g/mol. The molecule has 6 nitrogen and oxygen atoms in total. The molecule has 7 heteroatoms. The highest BCUT2D eigenvalue weighted by Crippen LogP contribution is 2.29. The number of hydrogen-bond acceptors (Lipinski definition) is 5. The average Bonchev–Trinajstić information content (AvgIpc) is 2.40. The van der Waals surface area contributed by atoms with Crippen LogP contribution in [0.3, 0.4) is 0 Å². The fraction of sp³-hybridized carbons (Fsp3) is 0.600. The zero-order valence-corrected chi connectivity index (χ0v) is 14.9. The third-order valence-corrected chi connectivity index (χ3v) is 4.28.